The van der Waals surface area contributed by atoms with Crippen molar-refractivity contribution in [3.63, 3.8) is 0 Å². The van der Waals surface area contributed by atoms with E-state index in [0.717, 1.165) is 56.4 Å². The number of fused-ring (bicyclic) bond motifs is 1. The Morgan fingerprint density at radius 3 is 2.42 bits per heavy atom. The summed E-state index contributed by atoms with van der Waals surface area (Å²) in [6.45, 7) is 6.02. The van der Waals surface area contributed by atoms with Crippen LogP contribution in [0.5, 0.6) is 0 Å². The summed E-state index contributed by atoms with van der Waals surface area (Å²) in [6, 6.07) is 11.3. The van der Waals surface area contributed by atoms with Gasteiger partial charge in [-0.2, -0.15) is 4.52 Å². The van der Waals surface area contributed by atoms with E-state index in [1.165, 1.54) is 12.1 Å². The number of rotatable bonds is 3. The van der Waals surface area contributed by atoms with Crippen molar-refractivity contribution in [2.24, 2.45) is 0 Å². The van der Waals surface area contributed by atoms with Crippen molar-refractivity contribution in [2.45, 2.75) is 6.04 Å². The van der Waals surface area contributed by atoms with Gasteiger partial charge in [-0.3, -0.25) is 4.90 Å². The van der Waals surface area contributed by atoms with Crippen LogP contribution in [0.2, 0.25) is 0 Å². The van der Waals surface area contributed by atoms with Crippen molar-refractivity contribution in [3.8, 4) is 0 Å². The molecule has 0 atom stereocenters. The number of hydrogen-bond acceptors (Lipinski definition) is 6. The normalized spacial score (nSPS) is 19.1. The SMILES string of the molecule is Fc1ccc(N2CCN(C3CN(c4ccc5nncn5n4)C3)CC2)cc1. The Hall–Kier alpha value is -2.74. The highest BCUT2D eigenvalue weighted by Gasteiger charge is 2.34. The summed E-state index contributed by atoms with van der Waals surface area (Å²) in [6.07, 6.45) is 1.63. The van der Waals surface area contributed by atoms with Gasteiger partial charge in [0.1, 0.15) is 18.0 Å². The van der Waals surface area contributed by atoms with Crippen molar-refractivity contribution in [2.75, 3.05) is 49.1 Å². The fourth-order valence-electron chi connectivity index (χ4n) is 3.76. The maximum atomic E-state index is 13.1. The maximum Gasteiger partial charge on any atom is 0.177 e. The number of benzene rings is 1. The molecule has 0 amide bonds. The third-order valence-corrected chi connectivity index (χ3v) is 5.36. The molecule has 2 fully saturated rings. The van der Waals surface area contributed by atoms with Gasteiger partial charge in [-0.25, -0.2) is 4.39 Å². The van der Waals surface area contributed by atoms with Gasteiger partial charge in [0, 0.05) is 51.0 Å². The molecule has 0 N–H and O–H groups in total. The number of halogens is 1. The quantitative estimate of drug-likeness (QED) is 0.707. The number of piperazine rings is 1. The van der Waals surface area contributed by atoms with E-state index in [1.807, 2.05) is 24.3 Å². The Morgan fingerprint density at radius 2 is 1.65 bits per heavy atom. The molecule has 4 heterocycles. The standard InChI is InChI=1S/C18H20FN7/c19-14-1-3-15(4-2-14)23-7-9-24(10-8-23)16-11-25(12-16)18-6-5-17-21-20-13-26(17)22-18/h1-6,13,16H,7-12H2. The molecule has 5 rings (SSSR count). The average Bonchev–Trinajstić information content (AvgIpc) is 3.10. The lowest BCUT2D eigenvalue weighted by molar-refractivity contribution is 0.156. The summed E-state index contributed by atoms with van der Waals surface area (Å²) in [5, 5.41) is 12.4. The zero-order valence-electron chi connectivity index (χ0n) is 14.4. The third kappa shape index (κ3) is 2.76. The summed E-state index contributed by atoms with van der Waals surface area (Å²) < 4.78 is 14.8. The first kappa shape index (κ1) is 15.5. The minimum absolute atomic E-state index is 0.180. The molecule has 0 radical (unpaired) electrons. The van der Waals surface area contributed by atoms with E-state index in [1.54, 1.807) is 10.8 Å². The molecule has 2 aliphatic heterocycles. The monoisotopic (exact) mass is 353 g/mol. The summed E-state index contributed by atoms with van der Waals surface area (Å²) >= 11 is 0. The molecular weight excluding hydrogens is 333 g/mol. The molecule has 0 aliphatic carbocycles. The van der Waals surface area contributed by atoms with Gasteiger partial charge < -0.3 is 9.80 Å². The van der Waals surface area contributed by atoms with Crippen LogP contribution in [0.1, 0.15) is 0 Å². The number of nitrogens with zero attached hydrogens (tertiary/aromatic N) is 7. The topological polar surface area (TPSA) is 52.8 Å². The molecule has 7 nitrogen and oxygen atoms in total. The van der Waals surface area contributed by atoms with Crippen LogP contribution in [-0.2, 0) is 0 Å². The lowest BCUT2D eigenvalue weighted by Crippen LogP contribution is -2.63. The fourth-order valence-corrected chi connectivity index (χ4v) is 3.76. The lowest BCUT2D eigenvalue weighted by atomic mass is 10.1. The Morgan fingerprint density at radius 1 is 0.885 bits per heavy atom. The third-order valence-electron chi connectivity index (χ3n) is 5.36. The summed E-state index contributed by atoms with van der Waals surface area (Å²) in [7, 11) is 0. The summed E-state index contributed by atoms with van der Waals surface area (Å²) in [5.74, 6) is 0.790. The van der Waals surface area contributed by atoms with Gasteiger partial charge in [0.15, 0.2) is 5.65 Å². The maximum absolute atomic E-state index is 13.1. The molecule has 8 heteroatoms. The molecule has 2 saturated heterocycles. The van der Waals surface area contributed by atoms with Gasteiger partial charge in [0.25, 0.3) is 0 Å². The Kier molecular flexibility index (Phi) is 3.70. The zero-order valence-corrected chi connectivity index (χ0v) is 14.4. The Labute approximate surface area is 150 Å². The highest BCUT2D eigenvalue weighted by molar-refractivity contribution is 5.48. The van der Waals surface area contributed by atoms with Crippen molar-refractivity contribution in [1.82, 2.24) is 24.7 Å². The molecule has 2 aromatic heterocycles. The summed E-state index contributed by atoms with van der Waals surface area (Å²) in [5.41, 5.74) is 1.87. The molecule has 1 aromatic carbocycles. The lowest BCUT2D eigenvalue weighted by Gasteiger charge is -2.48. The van der Waals surface area contributed by atoms with Crippen LogP contribution in [-0.4, -0.2) is 70.0 Å². The van der Waals surface area contributed by atoms with Crippen LogP contribution in [0, 0.1) is 5.82 Å². The minimum Gasteiger partial charge on any atom is -0.369 e. The van der Waals surface area contributed by atoms with Crippen molar-refractivity contribution in [3.05, 3.63) is 48.5 Å². The predicted octanol–water partition coefficient (Wildman–Crippen LogP) is 1.27. The highest BCUT2D eigenvalue weighted by atomic mass is 19.1. The Bertz CT molecular complexity index is 895. The van der Waals surface area contributed by atoms with Gasteiger partial charge in [-0.15, -0.1) is 15.3 Å². The fraction of sp³-hybridized carbons (Fsp3) is 0.389. The zero-order chi connectivity index (χ0) is 17.5. The summed E-state index contributed by atoms with van der Waals surface area (Å²) in [4.78, 5) is 7.16. The van der Waals surface area contributed by atoms with Gasteiger partial charge in [0.2, 0.25) is 0 Å². The van der Waals surface area contributed by atoms with Crippen LogP contribution in [0.3, 0.4) is 0 Å². The largest absolute Gasteiger partial charge is 0.369 e. The molecule has 0 unspecified atom stereocenters. The molecule has 0 saturated carbocycles. The van der Waals surface area contributed by atoms with Crippen LogP contribution in [0.15, 0.2) is 42.7 Å². The molecule has 3 aromatic rings. The molecule has 26 heavy (non-hydrogen) atoms. The first-order valence-corrected chi connectivity index (χ1v) is 8.93. The van der Waals surface area contributed by atoms with E-state index in [4.69, 9.17) is 0 Å². The van der Waals surface area contributed by atoms with Gasteiger partial charge >= 0.3 is 0 Å². The molecular formula is C18H20FN7. The second-order valence-corrected chi connectivity index (χ2v) is 6.88. The van der Waals surface area contributed by atoms with E-state index in [2.05, 4.69) is 30.0 Å². The number of aromatic nitrogens is 4. The van der Waals surface area contributed by atoms with E-state index < -0.39 is 0 Å². The van der Waals surface area contributed by atoms with Crippen LogP contribution in [0.25, 0.3) is 5.65 Å². The van der Waals surface area contributed by atoms with E-state index in [9.17, 15) is 4.39 Å². The first-order valence-electron chi connectivity index (χ1n) is 8.93. The second kappa shape index (κ2) is 6.21. The van der Waals surface area contributed by atoms with Crippen LogP contribution in [0.4, 0.5) is 15.9 Å². The molecule has 0 spiro atoms. The number of anilines is 2. The van der Waals surface area contributed by atoms with E-state index >= 15 is 0 Å². The van der Waals surface area contributed by atoms with E-state index in [0.29, 0.717) is 6.04 Å². The predicted molar refractivity (Wildman–Crippen MR) is 97.0 cm³/mol. The van der Waals surface area contributed by atoms with Crippen LogP contribution < -0.4 is 9.80 Å². The van der Waals surface area contributed by atoms with Gasteiger partial charge in [0.05, 0.1) is 0 Å². The molecule has 2 aliphatic rings. The average molecular weight is 353 g/mol. The first-order chi connectivity index (χ1) is 12.8. The minimum atomic E-state index is -0.180. The Balaban J connectivity index is 1.16. The highest BCUT2D eigenvalue weighted by Crippen LogP contribution is 2.24. The molecule has 0 bridgehead atoms. The van der Waals surface area contributed by atoms with Gasteiger partial charge in [-0.1, -0.05) is 0 Å². The molecule has 134 valence electrons. The van der Waals surface area contributed by atoms with Crippen molar-refractivity contribution >= 4 is 17.2 Å². The van der Waals surface area contributed by atoms with Crippen LogP contribution >= 0.6 is 0 Å². The van der Waals surface area contributed by atoms with Crippen molar-refractivity contribution in [1.29, 1.82) is 0 Å². The second-order valence-electron chi connectivity index (χ2n) is 6.88. The number of hydrogen-bond donors (Lipinski definition) is 0. The van der Waals surface area contributed by atoms with Gasteiger partial charge in [-0.05, 0) is 36.4 Å². The van der Waals surface area contributed by atoms with E-state index in [-0.39, 0.29) is 5.82 Å². The smallest absolute Gasteiger partial charge is 0.177 e. The van der Waals surface area contributed by atoms with Crippen molar-refractivity contribution < 1.29 is 4.39 Å².